The summed E-state index contributed by atoms with van der Waals surface area (Å²) >= 11 is 0. The fourth-order valence-electron chi connectivity index (χ4n) is 5.41. The fraction of sp³-hybridized carbons (Fsp3) is 0.0882. The number of benzene rings is 5. The lowest BCUT2D eigenvalue weighted by Gasteiger charge is -2.20. The summed E-state index contributed by atoms with van der Waals surface area (Å²) in [4.78, 5) is 0. The van der Waals surface area contributed by atoms with E-state index in [1.54, 1.807) is 7.11 Å². The summed E-state index contributed by atoms with van der Waals surface area (Å²) in [7, 11) is 1.71. The van der Waals surface area contributed by atoms with Crippen molar-refractivity contribution in [3.05, 3.63) is 137 Å². The van der Waals surface area contributed by atoms with Crippen molar-refractivity contribution >= 4 is 0 Å². The van der Waals surface area contributed by atoms with Gasteiger partial charge < -0.3 is 4.74 Å². The highest BCUT2D eigenvalue weighted by Crippen LogP contribution is 2.53. The Bertz CT molecular complexity index is 1610. The summed E-state index contributed by atoms with van der Waals surface area (Å²) in [6, 6.07) is 40.7. The number of nitrogens with zero attached hydrogens (tertiary/aromatic N) is 1. The smallest absolute Gasteiger partial charge is 0.118 e. The zero-order valence-electron chi connectivity index (χ0n) is 20.3. The third-order valence-corrected chi connectivity index (χ3v) is 7.16. The highest BCUT2D eigenvalue weighted by atomic mass is 16.5. The van der Waals surface area contributed by atoms with Crippen LogP contribution in [0.25, 0.3) is 33.4 Å². The summed E-state index contributed by atoms with van der Waals surface area (Å²) in [5.74, 6) is 0.993. The maximum Gasteiger partial charge on any atom is 0.118 e. The molecule has 0 spiro atoms. The molecule has 0 radical (unpaired) electrons. The van der Waals surface area contributed by atoms with Crippen LogP contribution >= 0.6 is 0 Å². The second-order valence-electron chi connectivity index (χ2n) is 9.34. The minimum Gasteiger partial charge on any atom is -0.497 e. The summed E-state index contributed by atoms with van der Waals surface area (Å²) in [5.41, 5.74) is 13.1. The second-order valence-corrected chi connectivity index (χ2v) is 9.34. The molecule has 0 aliphatic heterocycles. The second kappa shape index (κ2) is 8.87. The van der Waals surface area contributed by atoms with Crippen molar-refractivity contribution in [2.45, 2.75) is 12.8 Å². The SMILES string of the molecule is COc1ccc(C2c3cc(C)ccc3-c3cc(-c4ccc(C#N)cc4)cc(-c4ccccc4)c32)cc1. The van der Waals surface area contributed by atoms with Crippen LogP contribution in [0.3, 0.4) is 0 Å². The molecule has 2 nitrogen and oxygen atoms in total. The number of nitriles is 1. The van der Waals surface area contributed by atoms with Crippen molar-refractivity contribution in [3.63, 3.8) is 0 Å². The van der Waals surface area contributed by atoms with Crippen molar-refractivity contribution in [2.75, 3.05) is 7.11 Å². The van der Waals surface area contributed by atoms with Gasteiger partial charge in [0.1, 0.15) is 5.75 Å². The molecule has 6 rings (SSSR count). The van der Waals surface area contributed by atoms with Gasteiger partial charge in [-0.15, -0.1) is 0 Å². The molecular weight excluding hydrogens is 438 g/mol. The van der Waals surface area contributed by atoms with Crippen molar-refractivity contribution < 1.29 is 4.74 Å². The predicted molar refractivity (Wildman–Crippen MR) is 146 cm³/mol. The first-order valence-electron chi connectivity index (χ1n) is 12.1. The Labute approximate surface area is 212 Å². The Morgan fingerprint density at radius 2 is 1.39 bits per heavy atom. The van der Waals surface area contributed by atoms with E-state index in [0.717, 1.165) is 16.9 Å². The third kappa shape index (κ3) is 3.67. The topological polar surface area (TPSA) is 33.0 Å². The molecule has 0 amide bonds. The van der Waals surface area contributed by atoms with Crippen molar-refractivity contribution in [1.82, 2.24) is 0 Å². The van der Waals surface area contributed by atoms with Crippen molar-refractivity contribution in [3.8, 4) is 45.2 Å². The monoisotopic (exact) mass is 463 g/mol. The molecule has 1 unspecified atom stereocenters. The standard InChI is InChI=1S/C34H25NO/c1-22-8-17-29-31(18-22)33(26-13-15-28(36-2)16-14-26)34-30(25-6-4-3-5-7-25)19-27(20-32(29)34)24-11-9-23(21-35)10-12-24/h3-20,33H,1-2H3. The van der Waals surface area contributed by atoms with E-state index in [1.165, 1.54) is 44.5 Å². The van der Waals surface area contributed by atoms with E-state index in [2.05, 4.69) is 97.9 Å². The maximum absolute atomic E-state index is 9.26. The quantitative estimate of drug-likeness (QED) is 0.263. The molecule has 172 valence electrons. The van der Waals surface area contributed by atoms with Gasteiger partial charge >= 0.3 is 0 Å². The minimum atomic E-state index is 0.131. The lowest BCUT2D eigenvalue weighted by molar-refractivity contribution is 0.414. The largest absolute Gasteiger partial charge is 0.497 e. The molecule has 0 aromatic heterocycles. The molecule has 0 saturated heterocycles. The van der Waals surface area contributed by atoms with Gasteiger partial charge in [-0.2, -0.15) is 5.26 Å². The van der Waals surface area contributed by atoms with Gasteiger partial charge in [0, 0.05) is 5.92 Å². The zero-order chi connectivity index (χ0) is 24.6. The van der Waals surface area contributed by atoms with Crippen LogP contribution in [0.15, 0.2) is 109 Å². The van der Waals surface area contributed by atoms with E-state index in [4.69, 9.17) is 4.74 Å². The number of ether oxygens (including phenoxy) is 1. The van der Waals surface area contributed by atoms with E-state index in [0.29, 0.717) is 5.56 Å². The van der Waals surface area contributed by atoms with E-state index in [1.807, 2.05) is 24.3 Å². The molecule has 1 atom stereocenters. The first-order valence-corrected chi connectivity index (χ1v) is 12.1. The summed E-state index contributed by atoms with van der Waals surface area (Å²) < 4.78 is 5.44. The van der Waals surface area contributed by atoms with Crippen molar-refractivity contribution in [2.24, 2.45) is 0 Å². The minimum absolute atomic E-state index is 0.131. The van der Waals surface area contributed by atoms with E-state index in [9.17, 15) is 5.26 Å². The normalized spacial score (nSPS) is 13.5. The number of rotatable bonds is 4. The lowest BCUT2D eigenvalue weighted by Crippen LogP contribution is -2.02. The van der Waals surface area contributed by atoms with Crippen LogP contribution in [-0.2, 0) is 0 Å². The molecule has 0 bridgehead atoms. The average molecular weight is 464 g/mol. The van der Waals surface area contributed by atoms with Crippen LogP contribution in [0.5, 0.6) is 5.75 Å². The number of hydrogen-bond donors (Lipinski definition) is 0. The summed E-state index contributed by atoms with van der Waals surface area (Å²) in [6.45, 7) is 2.16. The first kappa shape index (κ1) is 21.9. The predicted octanol–water partition coefficient (Wildman–Crippen LogP) is 8.37. The molecule has 0 fully saturated rings. The van der Waals surface area contributed by atoms with Gasteiger partial charge in [0.2, 0.25) is 0 Å². The first-order chi connectivity index (χ1) is 17.7. The van der Waals surface area contributed by atoms with Crippen LogP contribution in [0.2, 0.25) is 0 Å². The van der Waals surface area contributed by atoms with Gasteiger partial charge in [-0.1, -0.05) is 78.4 Å². The highest BCUT2D eigenvalue weighted by Gasteiger charge is 2.33. The van der Waals surface area contributed by atoms with Crippen LogP contribution < -0.4 is 4.74 Å². The molecule has 1 aliphatic carbocycles. The molecule has 36 heavy (non-hydrogen) atoms. The number of aryl methyl sites for hydroxylation is 1. The van der Waals surface area contributed by atoms with Gasteiger partial charge in [0.25, 0.3) is 0 Å². The number of fused-ring (bicyclic) bond motifs is 3. The molecule has 1 aliphatic rings. The number of methoxy groups -OCH3 is 1. The molecular formula is C34H25NO. The highest BCUT2D eigenvalue weighted by molar-refractivity contribution is 5.92. The molecule has 0 N–H and O–H groups in total. The Morgan fingerprint density at radius 3 is 2.08 bits per heavy atom. The molecule has 5 aromatic rings. The van der Waals surface area contributed by atoms with E-state index < -0.39 is 0 Å². The molecule has 0 heterocycles. The van der Waals surface area contributed by atoms with E-state index >= 15 is 0 Å². The van der Waals surface area contributed by atoms with Gasteiger partial charge in [0.15, 0.2) is 0 Å². The summed E-state index contributed by atoms with van der Waals surface area (Å²) in [6.07, 6.45) is 0. The van der Waals surface area contributed by atoms with Gasteiger partial charge in [-0.05, 0) is 93.4 Å². The average Bonchev–Trinajstić information content (AvgIpc) is 3.26. The third-order valence-electron chi connectivity index (χ3n) is 7.16. The summed E-state index contributed by atoms with van der Waals surface area (Å²) in [5, 5.41) is 9.26. The Balaban J connectivity index is 1.65. The number of hydrogen-bond acceptors (Lipinski definition) is 2. The maximum atomic E-state index is 9.26. The lowest BCUT2D eigenvalue weighted by atomic mass is 9.83. The molecule has 0 saturated carbocycles. The zero-order valence-corrected chi connectivity index (χ0v) is 20.3. The van der Waals surface area contributed by atoms with Crippen LogP contribution in [0.4, 0.5) is 0 Å². The Kier molecular flexibility index (Phi) is 5.40. The Hall–Kier alpha value is -4.61. The van der Waals surface area contributed by atoms with Gasteiger partial charge in [-0.25, -0.2) is 0 Å². The van der Waals surface area contributed by atoms with Crippen LogP contribution in [0, 0.1) is 18.3 Å². The fourth-order valence-corrected chi connectivity index (χ4v) is 5.41. The Morgan fingerprint density at radius 1 is 0.667 bits per heavy atom. The van der Waals surface area contributed by atoms with Crippen molar-refractivity contribution in [1.29, 1.82) is 5.26 Å². The van der Waals surface area contributed by atoms with Gasteiger partial charge in [0.05, 0.1) is 18.7 Å². The van der Waals surface area contributed by atoms with E-state index in [-0.39, 0.29) is 5.92 Å². The van der Waals surface area contributed by atoms with Crippen LogP contribution in [0.1, 0.15) is 33.7 Å². The molecule has 2 heteroatoms. The molecule has 5 aromatic carbocycles. The van der Waals surface area contributed by atoms with Gasteiger partial charge in [-0.3, -0.25) is 0 Å². The van der Waals surface area contributed by atoms with Crippen LogP contribution in [-0.4, -0.2) is 7.11 Å².